The van der Waals surface area contributed by atoms with E-state index in [2.05, 4.69) is 31.5 Å². The Morgan fingerprint density at radius 2 is 1.22 bits per heavy atom. The molecular weight excluding hydrogens is 1010 g/mol. The zero-order valence-corrected chi connectivity index (χ0v) is 48.1. The maximum atomic E-state index is 12.4. The van der Waals surface area contributed by atoms with E-state index in [1.54, 1.807) is 0 Å². The average Bonchev–Trinajstić information content (AvgIpc) is 3.44. The molecule has 0 bridgehead atoms. The molecule has 0 aromatic rings. The number of hydrogen-bond acceptors (Lipinski definition) is 21. The number of carbonyl (C=O) groups excluding carboxylic acids is 1. The van der Waals surface area contributed by atoms with Crippen molar-refractivity contribution in [3.8, 4) is 0 Å². The predicted octanol–water partition coefficient (Wildman–Crippen LogP) is -3.86. The van der Waals surface area contributed by atoms with E-state index < -0.39 is 111 Å². The average molecular weight is 1080 g/mol. The van der Waals surface area contributed by atoms with Crippen LogP contribution in [0.25, 0.3) is 0 Å². The van der Waals surface area contributed by atoms with Crippen LogP contribution in [0, 0.1) is 5.92 Å². The molecule has 0 amide bonds. The maximum absolute atomic E-state index is 12.4. The topological polar surface area (TPSA) is 272 Å². The Hall–Kier alpha value is 0.670. The SMILES string of the molecule is C=C1C[C@@H]2O[C@@]3(C)[C@H](C[C@H]2O[C@@H]1C(C)=O)O[C@@H]1C[C@@H]2O[C@@H]4C[C@@H]5O[C@@H]6C[C@@H]7O[C@@H]8C[C@@H]9O[C@](C)(CCOS(=O)(=O)[O-])[C@@H](OS(=O)(=O)[O-])C[C@H]9O[C@H]8C[C@H]7O[C@H]6CC[C@@]5(C)O[C@@]4(C)C[C@H](C)[C@H]2O[C@H]1[C@H]3O.[Na+].[Na+]. The molecule has 11 aliphatic rings. The first-order valence-corrected chi connectivity index (χ1v) is 27.9. The van der Waals surface area contributed by atoms with Gasteiger partial charge >= 0.3 is 59.1 Å². The van der Waals surface area contributed by atoms with Gasteiger partial charge in [0, 0.05) is 51.4 Å². The van der Waals surface area contributed by atoms with Crippen molar-refractivity contribution >= 4 is 26.6 Å². The summed E-state index contributed by atoms with van der Waals surface area (Å²) in [6, 6.07) is 0. The number of aliphatic hydroxyl groups excluding tert-OH is 1. The van der Waals surface area contributed by atoms with Gasteiger partial charge in [-0.05, 0) is 71.8 Å². The summed E-state index contributed by atoms with van der Waals surface area (Å²) in [6.07, 6.45) is -5.15. The van der Waals surface area contributed by atoms with Crippen molar-refractivity contribution in [1.29, 1.82) is 0 Å². The largest absolute Gasteiger partial charge is 1.00 e. The van der Waals surface area contributed by atoms with Crippen LogP contribution in [-0.2, 0) is 86.1 Å². The first-order valence-electron chi connectivity index (χ1n) is 25.2. The molecule has 0 aromatic heterocycles. The fourth-order valence-corrected chi connectivity index (χ4v) is 15.4. The molecule has 11 aliphatic heterocycles. The van der Waals surface area contributed by atoms with Crippen LogP contribution in [-0.4, -0.2) is 188 Å². The Kier molecular flexibility index (Phi) is 16.4. The second kappa shape index (κ2) is 20.6. The fraction of sp³-hybridized carbons (Fsp3) is 0.936. The Morgan fingerprint density at radius 1 is 0.667 bits per heavy atom. The number of fused-ring (bicyclic) bond motifs is 10. The molecule has 0 saturated carbocycles. The Morgan fingerprint density at radius 3 is 1.88 bits per heavy atom. The minimum atomic E-state index is -5.20. The molecule has 0 radical (unpaired) electrons. The van der Waals surface area contributed by atoms with Gasteiger partial charge in [0.15, 0.2) is 5.78 Å². The van der Waals surface area contributed by atoms with Gasteiger partial charge in [-0.1, -0.05) is 13.5 Å². The number of rotatable bonds is 7. The zero-order valence-electron chi connectivity index (χ0n) is 42.5. The summed E-state index contributed by atoms with van der Waals surface area (Å²) in [5.41, 5.74) is -3.28. The summed E-state index contributed by atoms with van der Waals surface area (Å²) in [5.74, 6) is -0.106. The molecule has 0 spiro atoms. The monoisotopic (exact) mass is 1080 g/mol. The van der Waals surface area contributed by atoms with E-state index in [0.717, 1.165) is 0 Å². The van der Waals surface area contributed by atoms with Crippen molar-refractivity contribution in [2.75, 3.05) is 6.61 Å². The van der Waals surface area contributed by atoms with Crippen LogP contribution >= 0.6 is 0 Å². The van der Waals surface area contributed by atoms with Gasteiger partial charge in [-0.3, -0.25) is 13.2 Å². The maximum Gasteiger partial charge on any atom is 1.00 e. The minimum Gasteiger partial charge on any atom is -0.726 e. The van der Waals surface area contributed by atoms with Gasteiger partial charge in [-0.15, -0.1) is 0 Å². The molecule has 0 unspecified atom stereocenters. The third-order valence-corrected chi connectivity index (χ3v) is 19.0. The van der Waals surface area contributed by atoms with Crippen LogP contribution < -0.4 is 59.1 Å². The second-order valence-corrected chi connectivity index (χ2v) is 25.1. The van der Waals surface area contributed by atoms with E-state index in [0.29, 0.717) is 69.8 Å². The van der Waals surface area contributed by atoms with E-state index in [9.17, 15) is 35.8 Å². The van der Waals surface area contributed by atoms with Crippen molar-refractivity contribution < 1.29 is 155 Å². The summed E-state index contributed by atoms with van der Waals surface area (Å²) in [6.45, 7) is 14.7. The molecule has 0 aliphatic carbocycles. The Labute approximate surface area is 466 Å². The zero-order chi connectivity index (χ0) is 49.7. The summed E-state index contributed by atoms with van der Waals surface area (Å²) in [7, 11) is -10.2. The molecule has 1 N–H and O–H groups in total. The van der Waals surface area contributed by atoms with Gasteiger partial charge in [0.05, 0.1) is 121 Å². The minimum absolute atomic E-state index is 0. The molecule has 72 heavy (non-hydrogen) atoms. The number of ether oxygens (including phenoxy) is 11. The summed E-state index contributed by atoms with van der Waals surface area (Å²) >= 11 is 0. The first kappa shape index (κ1) is 57.4. The van der Waals surface area contributed by atoms with E-state index in [1.807, 2.05) is 6.92 Å². The number of Topliss-reactive ketones (excluding diaryl/α,β-unsaturated/α-hetero) is 1. The quantitative estimate of drug-likeness (QED) is 0.111. The van der Waals surface area contributed by atoms with Gasteiger partial charge in [-0.25, -0.2) is 16.8 Å². The van der Waals surface area contributed by atoms with Gasteiger partial charge in [0.25, 0.3) is 0 Å². The third-order valence-electron chi connectivity index (χ3n) is 18.0. The van der Waals surface area contributed by atoms with Crippen molar-refractivity contribution in [3.05, 3.63) is 12.2 Å². The van der Waals surface area contributed by atoms with E-state index >= 15 is 0 Å². The van der Waals surface area contributed by atoms with Gasteiger partial charge in [0.2, 0.25) is 20.8 Å². The van der Waals surface area contributed by atoms with Gasteiger partial charge < -0.3 is 66.3 Å². The Bertz CT molecular complexity index is 2280. The second-order valence-electron chi connectivity index (χ2n) is 23.0. The van der Waals surface area contributed by atoms with Crippen LogP contribution in [0.2, 0.25) is 0 Å². The van der Waals surface area contributed by atoms with Crippen LogP contribution in [0.15, 0.2) is 12.2 Å². The van der Waals surface area contributed by atoms with Crippen molar-refractivity contribution in [1.82, 2.24) is 0 Å². The molecule has 0 aromatic carbocycles. The molecule has 25 atom stereocenters. The van der Waals surface area contributed by atoms with Crippen LogP contribution in [0.1, 0.15) is 119 Å². The fourth-order valence-electron chi connectivity index (χ4n) is 14.5. The van der Waals surface area contributed by atoms with Crippen molar-refractivity contribution in [2.45, 2.75) is 263 Å². The molecule has 11 fully saturated rings. The normalized spacial score (nSPS) is 52.8. The number of aliphatic hydroxyl groups is 1. The molecular formula is C47H68Na2O21S2. The molecule has 25 heteroatoms. The van der Waals surface area contributed by atoms with Gasteiger partial charge in [0.1, 0.15) is 30.0 Å². The van der Waals surface area contributed by atoms with Gasteiger partial charge in [-0.2, -0.15) is 0 Å². The first-order chi connectivity index (χ1) is 32.8. The van der Waals surface area contributed by atoms with E-state index in [4.69, 9.17) is 56.3 Å². The third kappa shape index (κ3) is 10.7. The molecule has 11 saturated heterocycles. The number of carbonyl (C=O) groups is 1. The summed E-state index contributed by atoms with van der Waals surface area (Å²) in [4.78, 5) is 12.4. The number of ketones is 1. The number of hydrogen-bond donors (Lipinski definition) is 1. The van der Waals surface area contributed by atoms with Crippen LogP contribution in [0.5, 0.6) is 0 Å². The van der Waals surface area contributed by atoms with E-state index in [1.165, 1.54) is 13.8 Å². The van der Waals surface area contributed by atoms with Crippen LogP contribution in [0.3, 0.4) is 0 Å². The smallest absolute Gasteiger partial charge is 0.726 e. The Balaban J connectivity index is 0.00000320. The molecule has 11 rings (SSSR count). The molecule has 396 valence electrons. The van der Waals surface area contributed by atoms with E-state index in [-0.39, 0.29) is 145 Å². The van der Waals surface area contributed by atoms with Crippen molar-refractivity contribution in [3.63, 3.8) is 0 Å². The molecule has 11 heterocycles. The molecule has 21 nitrogen and oxygen atoms in total. The standard InChI is InChI=1S/C47H70O21S2.2Na/c1-21-12-32-31(63-40(21)23(3)48)18-39-47(7,66-32)43(49)42-35(62-39)16-34-41(64-42)22(2)20-46(6)37(61-34)19-36-45(5,68-46)9-8-24-25(60-36)13-27-26(57-24)14-28-29(58-27)15-33-30(59-28)17-38(67-70(53,54)55)44(4,65-33)10-11-56-69(50,51)52;;/h22,24-43,49H,1,8-20H2,2-7H3,(H,50,51,52)(H,53,54,55);;/q;2*+1/p-2/t22-,24-,25+,26+,27-,28-,29+,30+,31+,32-,33-,34-,35+,36-,37+,38-,39-,40-,41+,42+,43+,44+,45+,46-,47-;;/m0../s1. The summed E-state index contributed by atoms with van der Waals surface area (Å²) < 4.78 is 153. The van der Waals surface area contributed by atoms with Crippen molar-refractivity contribution in [2.24, 2.45) is 5.92 Å². The summed E-state index contributed by atoms with van der Waals surface area (Å²) in [5, 5.41) is 12.1. The van der Waals surface area contributed by atoms with Crippen LogP contribution in [0.4, 0.5) is 0 Å². The predicted molar refractivity (Wildman–Crippen MR) is 234 cm³/mol.